The minimum Gasteiger partial charge on any atom is -0.318 e. The second-order valence-electron chi connectivity index (χ2n) is 5.36. The first kappa shape index (κ1) is 19.8. The molecule has 0 N–H and O–H groups in total. The molecular weight excluding hydrogens is 377 g/mol. The normalized spacial score (nSPS) is 13.2. The van der Waals surface area contributed by atoms with Crippen molar-refractivity contribution >= 4 is 32.7 Å². The van der Waals surface area contributed by atoms with Crippen molar-refractivity contribution in [2.24, 2.45) is 12.2 Å². The Morgan fingerprint density at radius 1 is 1.38 bits per heavy atom. The molecule has 0 aliphatic carbocycles. The van der Waals surface area contributed by atoms with Gasteiger partial charge < -0.3 is 9.40 Å². The molecule has 0 saturated carbocycles. The van der Waals surface area contributed by atoms with Crippen LogP contribution in [0.1, 0.15) is 25.2 Å². The van der Waals surface area contributed by atoms with Gasteiger partial charge in [-0.15, -0.1) is 0 Å². The van der Waals surface area contributed by atoms with Gasteiger partial charge in [0.1, 0.15) is 11.2 Å². The van der Waals surface area contributed by atoms with Crippen LogP contribution in [-0.2, 0) is 32.7 Å². The van der Waals surface area contributed by atoms with Gasteiger partial charge >= 0.3 is 12.1 Å². The average molecular weight is 392 g/mol. The lowest BCUT2D eigenvalue weighted by molar-refractivity contribution is -0.141. The molecule has 2 aromatic rings. The molecular formula is C14H15F3N4O4S. The van der Waals surface area contributed by atoms with Crippen LogP contribution in [-0.4, -0.2) is 46.1 Å². The molecule has 0 saturated heterocycles. The fourth-order valence-electron chi connectivity index (χ4n) is 2.05. The minimum absolute atomic E-state index is 0.0647. The van der Waals surface area contributed by atoms with Gasteiger partial charge in [0.15, 0.2) is 21.3 Å². The van der Waals surface area contributed by atoms with Crippen molar-refractivity contribution in [3.05, 3.63) is 23.7 Å². The van der Waals surface area contributed by atoms with E-state index in [0.717, 1.165) is 13.0 Å². The number of rotatable bonds is 5. The van der Waals surface area contributed by atoms with Gasteiger partial charge in [0.05, 0.1) is 11.3 Å². The predicted molar refractivity (Wildman–Crippen MR) is 86.1 cm³/mol. The molecule has 0 radical (unpaired) electrons. The fourth-order valence-corrected chi connectivity index (χ4v) is 2.85. The monoisotopic (exact) mass is 392 g/mol. The van der Waals surface area contributed by atoms with E-state index in [2.05, 4.69) is 20.0 Å². The maximum absolute atomic E-state index is 12.8. The number of pyridine rings is 1. The number of alkyl halides is 3. The number of carbonyl (C=O) groups is 1. The van der Waals surface area contributed by atoms with Crippen molar-refractivity contribution in [1.82, 2.24) is 14.5 Å². The van der Waals surface area contributed by atoms with Crippen LogP contribution in [0, 0.1) is 0 Å². The number of nitrogens with zero attached hydrogens (tertiary/aromatic N) is 4. The first-order chi connectivity index (χ1) is 11.9. The Kier molecular flexibility index (Phi) is 5.35. The Morgan fingerprint density at radius 2 is 2.04 bits per heavy atom. The second kappa shape index (κ2) is 7.02. The number of fused-ring (bicyclic) bond motifs is 1. The van der Waals surface area contributed by atoms with E-state index in [9.17, 15) is 26.4 Å². The lowest BCUT2D eigenvalue weighted by atomic mass is 10.2. The van der Waals surface area contributed by atoms with Crippen molar-refractivity contribution in [2.45, 2.75) is 20.0 Å². The van der Waals surface area contributed by atoms with E-state index < -0.39 is 33.3 Å². The third-order valence-electron chi connectivity index (χ3n) is 3.38. The molecule has 0 fully saturated rings. The zero-order chi connectivity index (χ0) is 19.7. The Hall–Kier alpha value is -2.50. The van der Waals surface area contributed by atoms with Gasteiger partial charge in [-0.05, 0) is 6.07 Å². The van der Waals surface area contributed by atoms with E-state index in [1.54, 1.807) is 0 Å². The largest absolute Gasteiger partial charge is 0.417 e. The molecule has 26 heavy (non-hydrogen) atoms. The van der Waals surface area contributed by atoms with Crippen LogP contribution in [0.3, 0.4) is 0 Å². The van der Waals surface area contributed by atoms with E-state index in [-0.39, 0.29) is 28.5 Å². The number of halogens is 3. The quantitative estimate of drug-likeness (QED) is 0.436. The molecule has 12 heteroatoms. The Balaban J connectivity index is 2.60. The maximum Gasteiger partial charge on any atom is 0.417 e. The Morgan fingerprint density at radius 3 is 2.58 bits per heavy atom. The van der Waals surface area contributed by atoms with Crippen molar-refractivity contribution in [1.29, 1.82) is 0 Å². The number of imidazole rings is 1. The molecule has 0 atom stereocenters. The number of carbonyl (C=O) groups excluding carboxylic acids is 1. The van der Waals surface area contributed by atoms with Crippen LogP contribution in [0.15, 0.2) is 17.4 Å². The van der Waals surface area contributed by atoms with Crippen molar-refractivity contribution in [3.8, 4) is 0 Å². The number of hydrogen-bond acceptors (Lipinski definition) is 7. The summed E-state index contributed by atoms with van der Waals surface area (Å²) in [5.74, 6) is -1.65. The van der Waals surface area contributed by atoms with Gasteiger partial charge in [-0.3, -0.25) is 0 Å². The molecule has 2 heterocycles. The van der Waals surface area contributed by atoms with Crippen molar-refractivity contribution < 1.29 is 31.2 Å². The number of hydrogen-bond donors (Lipinski definition) is 0. The third kappa shape index (κ3) is 4.36. The summed E-state index contributed by atoms with van der Waals surface area (Å²) in [5.41, 5.74) is -1.20. The van der Waals surface area contributed by atoms with Crippen LogP contribution in [0.5, 0.6) is 0 Å². The molecule has 0 amide bonds. The standard InChI is InChI=1S/C14H15F3N4O4S/c1-4-26(23,24)7-11(20-25-8(2)22)13-19-10-5-9(14(15,16)17)6-18-12(10)21(13)3/h5-6H,4,7H2,1-3H3/b20-11-. The van der Waals surface area contributed by atoms with Crippen LogP contribution < -0.4 is 0 Å². The van der Waals surface area contributed by atoms with Crippen LogP contribution in [0.4, 0.5) is 13.2 Å². The lowest BCUT2D eigenvalue weighted by Gasteiger charge is -2.06. The van der Waals surface area contributed by atoms with Crippen molar-refractivity contribution in [3.63, 3.8) is 0 Å². The summed E-state index contributed by atoms with van der Waals surface area (Å²) in [6, 6.07) is 0.795. The van der Waals surface area contributed by atoms with Gasteiger partial charge in [-0.2, -0.15) is 13.2 Å². The highest BCUT2D eigenvalue weighted by atomic mass is 32.2. The lowest BCUT2D eigenvalue weighted by Crippen LogP contribution is -2.22. The molecule has 8 nitrogen and oxygen atoms in total. The Labute approximate surface area is 146 Å². The minimum atomic E-state index is -4.60. The predicted octanol–water partition coefficient (Wildman–Crippen LogP) is 1.69. The highest BCUT2D eigenvalue weighted by Crippen LogP contribution is 2.30. The van der Waals surface area contributed by atoms with Crippen molar-refractivity contribution in [2.75, 3.05) is 11.5 Å². The molecule has 0 aliphatic heterocycles. The fraction of sp³-hybridized carbons (Fsp3) is 0.429. The summed E-state index contributed by atoms with van der Waals surface area (Å²) in [4.78, 5) is 23.2. The topological polar surface area (TPSA) is 104 Å². The van der Waals surface area contributed by atoms with Gasteiger partial charge in [0, 0.05) is 25.9 Å². The molecule has 2 rings (SSSR count). The maximum atomic E-state index is 12.8. The molecule has 2 aromatic heterocycles. The third-order valence-corrected chi connectivity index (χ3v) is 4.97. The number of sulfone groups is 1. The summed E-state index contributed by atoms with van der Waals surface area (Å²) in [6.07, 6.45) is -3.95. The van der Waals surface area contributed by atoms with E-state index in [1.807, 2.05) is 0 Å². The van der Waals surface area contributed by atoms with Gasteiger partial charge in [-0.1, -0.05) is 12.1 Å². The smallest absolute Gasteiger partial charge is 0.318 e. The number of oxime groups is 1. The molecule has 0 aromatic carbocycles. The highest BCUT2D eigenvalue weighted by Gasteiger charge is 2.32. The van der Waals surface area contributed by atoms with Crippen LogP contribution in [0.25, 0.3) is 11.2 Å². The molecule has 0 aliphatic rings. The zero-order valence-electron chi connectivity index (χ0n) is 14.0. The summed E-state index contributed by atoms with van der Waals surface area (Å²) < 4.78 is 63.6. The van der Waals surface area contributed by atoms with E-state index >= 15 is 0 Å². The van der Waals surface area contributed by atoms with E-state index in [0.29, 0.717) is 6.20 Å². The van der Waals surface area contributed by atoms with E-state index in [1.165, 1.54) is 18.5 Å². The Bertz CT molecular complexity index is 980. The number of aryl methyl sites for hydroxylation is 1. The average Bonchev–Trinajstić information content (AvgIpc) is 2.87. The van der Waals surface area contributed by atoms with Crippen LogP contribution >= 0.6 is 0 Å². The SMILES string of the molecule is CCS(=O)(=O)C/C(=N/OC(C)=O)c1nc2cc(C(F)(F)F)cnc2n1C. The summed E-state index contributed by atoms with van der Waals surface area (Å²) in [7, 11) is -2.14. The summed E-state index contributed by atoms with van der Waals surface area (Å²) in [6.45, 7) is 2.49. The highest BCUT2D eigenvalue weighted by molar-refractivity contribution is 7.92. The second-order valence-corrected chi connectivity index (χ2v) is 7.71. The van der Waals surface area contributed by atoms with Gasteiger partial charge in [-0.25, -0.2) is 23.2 Å². The van der Waals surface area contributed by atoms with Crippen LogP contribution in [0.2, 0.25) is 0 Å². The summed E-state index contributed by atoms with van der Waals surface area (Å²) >= 11 is 0. The number of aromatic nitrogens is 3. The molecule has 0 bridgehead atoms. The molecule has 142 valence electrons. The zero-order valence-corrected chi connectivity index (χ0v) is 14.8. The first-order valence-corrected chi connectivity index (χ1v) is 9.11. The van der Waals surface area contributed by atoms with Gasteiger partial charge in [0.25, 0.3) is 0 Å². The molecule has 0 spiro atoms. The summed E-state index contributed by atoms with van der Waals surface area (Å²) in [5, 5.41) is 3.51. The first-order valence-electron chi connectivity index (χ1n) is 7.29. The molecule has 0 unspecified atom stereocenters. The van der Waals surface area contributed by atoms with E-state index in [4.69, 9.17) is 0 Å². The van der Waals surface area contributed by atoms with Gasteiger partial charge in [0.2, 0.25) is 0 Å².